The number of benzene rings is 1. The van der Waals surface area contributed by atoms with E-state index in [1.54, 1.807) is 24.3 Å². The van der Waals surface area contributed by atoms with Gasteiger partial charge in [0.2, 0.25) is 5.91 Å². The van der Waals surface area contributed by atoms with E-state index in [1.807, 2.05) is 6.07 Å². The molecule has 1 aromatic carbocycles. The molecule has 0 N–H and O–H groups in total. The van der Waals surface area contributed by atoms with Gasteiger partial charge in [0.05, 0.1) is 11.6 Å². The fourth-order valence-corrected chi connectivity index (χ4v) is 2.71. The zero-order valence-electron chi connectivity index (χ0n) is 12.1. The molecule has 0 aromatic heterocycles. The minimum atomic E-state index is -4.36. The Morgan fingerprint density at radius 2 is 1.95 bits per heavy atom. The average Bonchev–Trinajstić information content (AvgIpc) is 2.52. The van der Waals surface area contributed by atoms with Crippen molar-refractivity contribution in [3.63, 3.8) is 0 Å². The highest BCUT2D eigenvalue weighted by molar-refractivity contribution is 5.77. The van der Waals surface area contributed by atoms with Crippen molar-refractivity contribution >= 4 is 5.91 Å². The van der Waals surface area contributed by atoms with Crippen LogP contribution < -0.4 is 0 Å². The molecule has 1 aliphatic rings. The van der Waals surface area contributed by atoms with Gasteiger partial charge in [0.1, 0.15) is 6.04 Å². The molecule has 0 spiro atoms. The van der Waals surface area contributed by atoms with Crippen LogP contribution in [-0.2, 0) is 11.2 Å². The molecule has 1 unspecified atom stereocenters. The number of nitriles is 1. The van der Waals surface area contributed by atoms with Crippen LogP contribution in [0.1, 0.15) is 36.8 Å². The summed E-state index contributed by atoms with van der Waals surface area (Å²) in [6, 6.07) is 7.08. The SMILES string of the molecule is N#Cc1ccc(CCC(=O)N2CCCCC2C(F)(F)F)cc1. The smallest absolute Gasteiger partial charge is 0.331 e. The molecule has 22 heavy (non-hydrogen) atoms. The third kappa shape index (κ3) is 4.00. The Bertz CT molecular complexity index is 560. The van der Waals surface area contributed by atoms with Gasteiger partial charge in [-0.3, -0.25) is 4.79 Å². The molecular formula is C16H17F3N2O. The molecule has 1 amide bonds. The van der Waals surface area contributed by atoms with Crippen LogP contribution in [-0.4, -0.2) is 29.6 Å². The van der Waals surface area contributed by atoms with E-state index in [9.17, 15) is 18.0 Å². The zero-order chi connectivity index (χ0) is 16.2. The fraction of sp³-hybridized carbons (Fsp3) is 0.500. The van der Waals surface area contributed by atoms with Crippen molar-refractivity contribution < 1.29 is 18.0 Å². The van der Waals surface area contributed by atoms with Gasteiger partial charge in [0.25, 0.3) is 0 Å². The molecule has 1 aliphatic heterocycles. The molecule has 1 fully saturated rings. The van der Waals surface area contributed by atoms with E-state index in [-0.39, 0.29) is 19.4 Å². The third-order valence-corrected chi connectivity index (χ3v) is 3.91. The van der Waals surface area contributed by atoms with Gasteiger partial charge in [-0.05, 0) is 43.4 Å². The minimum Gasteiger partial charge on any atom is -0.331 e. The summed E-state index contributed by atoms with van der Waals surface area (Å²) in [5.74, 6) is -0.452. The Morgan fingerprint density at radius 1 is 1.27 bits per heavy atom. The third-order valence-electron chi connectivity index (χ3n) is 3.91. The van der Waals surface area contributed by atoms with Crippen molar-refractivity contribution in [1.82, 2.24) is 4.90 Å². The van der Waals surface area contributed by atoms with Crippen LogP contribution in [0.25, 0.3) is 0 Å². The Labute approximate surface area is 127 Å². The summed E-state index contributed by atoms with van der Waals surface area (Å²) in [4.78, 5) is 13.1. The Morgan fingerprint density at radius 3 is 2.55 bits per heavy atom. The molecule has 1 aromatic rings. The number of piperidine rings is 1. The van der Waals surface area contributed by atoms with Crippen molar-refractivity contribution in [2.45, 2.75) is 44.3 Å². The topological polar surface area (TPSA) is 44.1 Å². The van der Waals surface area contributed by atoms with Crippen molar-refractivity contribution in [2.75, 3.05) is 6.54 Å². The number of amides is 1. The molecule has 2 rings (SSSR count). The lowest BCUT2D eigenvalue weighted by Gasteiger charge is -2.36. The van der Waals surface area contributed by atoms with Crippen LogP contribution in [0.3, 0.4) is 0 Å². The molecular weight excluding hydrogens is 293 g/mol. The largest absolute Gasteiger partial charge is 0.408 e. The summed E-state index contributed by atoms with van der Waals surface area (Å²) in [5.41, 5.74) is 1.36. The molecule has 1 atom stereocenters. The number of rotatable bonds is 3. The van der Waals surface area contributed by atoms with Crippen LogP contribution in [0, 0.1) is 11.3 Å². The number of alkyl halides is 3. The van der Waals surface area contributed by atoms with Crippen LogP contribution in [0.2, 0.25) is 0 Å². The van der Waals surface area contributed by atoms with E-state index in [1.165, 1.54) is 0 Å². The number of likely N-dealkylation sites (tertiary alicyclic amines) is 1. The highest BCUT2D eigenvalue weighted by Crippen LogP contribution is 2.32. The maximum atomic E-state index is 13.0. The quantitative estimate of drug-likeness (QED) is 0.858. The Kier molecular flexibility index (Phi) is 5.07. The average molecular weight is 310 g/mol. The van der Waals surface area contributed by atoms with Crippen molar-refractivity contribution in [3.05, 3.63) is 35.4 Å². The minimum absolute atomic E-state index is 0.00783. The van der Waals surface area contributed by atoms with E-state index in [0.717, 1.165) is 10.5 Å². The van der Waals surface area contributed by atoms with Gasteiger partial charge in [-0.25, -0.2) is 0 Å². The van der Waals surface area contributed by atoms with Gasteiger partial charge < -0.3 is 4.90 Å². The summed E-state index contributed by atoms with van der Waals surface area (Å²) in [5, 5.41) is 8.70. The van der Waals surface area contributed by atoms with Crippen LogP contribution >= 0.6 is 0 Å². The number of carbonyl (C=O) groups excluding carboxylic acids is 1. The molecule has 0 saturated carbocycles. The fourth-order valence-electron chi connectivity index (χ4n) is 2.71. The second-order valence-electron chi connectivity index (χ2n) is 5.45. The van der Waals surface area contributed by atoms with Crippen molar-refractivity contribution in [2.24, 2.45) is 0 Å². The van der Waals surface area contributed by atoms with E-state index in [4.69, 9.17) is 5.26 Å². The monoisotopic (exact) mass is 310 g/mol. The normalized spacial score (nSPS) is 18.8. The first-order valence-electron chi connectivity index (χ1n) is 7.27. The van der Waals surface area contributed by atoms with E-state index in [2.05, 4.69) is 0 Å². The summed E-state index contributed by atoms with van der Waals surface area (Å²) >= 11 is 0. The van der Waals surface area contributed by atoms with E-state index >= 15 is 0 Å². The molecule has 6 heteroatoms. The van der Waals surface area contributed by atoms with Crippen LogP contribution in [0.15, 0.2) is 24.3 Å². The molecule has 3 nitrogen and oxygen atoms in total. The predicted molar refractivity (Wildman–Crippen MR) is 74.9 cm³/mol. The lowest BCUT2D eigenvalue weighted by Crippen LogP contribution is -2.51. The lowest BCUT2D eigenvalue weighted by atomic mass is 10.00. The summed E-state index contributed by atoms with van der Waals surface area (Å²) in [7, 11) is 0. The number of aryl methyl sites for hydroxylation is 1. The standard InChI is InChI=1S/C16H17F3N2O/c17-16(18,19)14-3-1-2-10-21(14)15(22)9-8-12-4-6-13(11-20)7-5-12/h4-7,14H,1-3,8-10H2. The Hall–Kier alpha value is -2.03. The second kappa shape index (κ2) is 6.82. The van der Waals surface area contributed by atoms with Gasteiger partial charge >= 0.3 is 6.18 Å². The molecule has 0 aliphatic carbocycles. The number of carbonyl (C=O) groups is 1. The lowest BCUT2D eigenvalue weighted by molar-refractivity contribution is -0.195. The van der Waals surface area contributed by atoms with Gasteiger partial charge in [-0.2, -0.15) is 18.4 Å². The zero-order valence-corrected chi connectivity index (χ0v) is 12.1. The highest BCUT2D eigenvalue weighted by Gasteiger charge is 2.45. The predicted octanol–water partition coefficient (Wildman–Crippen LogP) is 3.43. The maximum Gasteiger partial charge on any atom is 0.408 e. The highest BCUT2D eigenvalue weighted by atomic mass is 19.4. The van der Waals surface area contributed by atoms with Crippen molar-refractivity contribution in [1.29, 1.82) is 5.26 Å². The van der Waals surface area contributed by atoms with Gasteiger partial charge in [0, 0.05) is 13.0 Å². The number of halogens is 3. The number of hydrogen-bond acceptors (Lipinski definition) is 2. The molecule has 118 valence electrons. The Balaban J connectivity index is 1.96. The first-order chi connectivity index (χ1) is 10.4. The van der Waals surface area contributed by atoms with E-state index in [0.29, 0.717) is 24.8 Å². The first-order valence-corrected chi connectivity index (χ1v) is 7.27. The first kappa shape index (κ1) is 16.3. The number of hydrogen-bond donors (Lipinski definition) is 0. The molecule has 0 radical (unpaired) electrons. The summed E-state index contributed by atoms with van der Waals surface area (Å²) in [6.45, 7) is 0.177. The maximum absolute atomic E-state index is 13.0. The molecule has 1 heterocycles. The molecule has 0 bridgehead atoms. The van der Waals surface area contributed by atoms with E-state index < -0.39 is 18.1 Å². The van der Waals surface area contributed by atoms with Crippen LogP contribution in [0.5, 0.6) is 0 Å². The molecule has 1 saturated heterocycles. The van der Waals surface area contributed by atoms with Crippen LogP contribution in [0.4, 0.5) is 13.2 Å². The van der Waals surface area contributed by atoms with Gasteiger partial charge in [0.15, 0.2) is 0 Å². The van der Waals surface area contributed by atoms with Crippen molar-refractivity contribution in [3.8, 4) is 6.07 Å². The summed E-state index contributed by atoms with van der Waals surface area (Å²) < 4.78 is 38.9. The van der Waals surface area contributed by atoms with Gasteiger partial charge in [-0.1, -0.05) is 12.1 Å². The number of nitrogens with zero attached hydrogens (tertiary/aromatic N) is 2. The second-order valence-corrected chi connectivity index (χ2v) is 5.45. The van der Waals surface area contributed by atoms with Gasteiger partial charge in [-0.15, -0.1) is 0 Å². The summed E-state index contributed by atoms with van der Waals surface area (Å²) in [6.07, 6.45) is -2.81.